The number of hydrogen-bond donors (Lipinski definition) is 1. The van der Waals surface area contributed by atoms with Gasteiger partial charge in [-0.1, -0.05) is 17.7 Å². The van der Waals surface area contributed by atoms with E-state index < -0.39 is 11.9 Å². The Hall–Kier alpha value is -3.69. The fourth-order valence-corrected chi connectivity index (χ4v) is 4.45. The number of hydrogen-bond acceptors (Lipinski definition) is 5. The average molecular weight is 528 g/mol. The van der Waals surface area contributed by atoms with E-state index in [9.17, 15) is 14.0 Å². The number of ether oxygens (including phenoxy) is 2. The molecule has 1 saturated heterocycles. The van der Waals surface area contributed by atoms with Crippen LogP contribution >= 0.6 is 23.8 Å². The van der Waals surface area contributed by atoms with Gasteiger partial charge in [-0.15, -0.1) is 0 Å². The molecule has 0 radical (unpaired) electrons. The Labute approximate surface area is 218 Å². The summed E-state index contributed by atoms with van der Waals surface area (Å²) in [5, 5.41) is 3.54. The number of nitrogens with zero attached hydrogens (tertiary/aromatic N) is 2. The molecule has 4 rings (SSSR count). The van der Waals surface area contributed by atoms with Gasteiger partial charge in [0.2, 0.25) is 5.91 Å². The van der Waals surface area contributed by atoms with Crippen LogP contribution in [0.4, 0.5) is 15.8 Å². The zero-order valence-corrected chi connectivity index (χ0v) is 21.1. The zero-order chi connectivity index (χ0) is 25.8. The molecular formula is C26H23ClFN3O4S. The molecule has 1 N–H and O–H groups in total. The van der Waals surface area contributed by atoms with Crippen LogP contribution in [-0.2, 0) is 16.1 Å². The molecule has 1 aliphatic heterocycles. The first-order chi connectivity index (χ1) is 17.3. The minimum Gasteiger partial charge on any atom is -0.493 e. The number of halogens is 2. The topological polar surface area (TPSA) is 71.1 Å². The maximum Gasteiger partial charge on any atom is 0.256 e. The molecular weight excluding hydrogens is 505 g/mol. The predicted octanol–water partition coefficient (Wildman–Crippen LogP) is 5.03. The molecule has 7 nitrogen and oxygen atoms in total. The fraction of sp³-hybridized carbons (Fsp3) is 0.192. The summed E-state index contributed by atoms with van der Waals surface area (Å²) in [7, 11) is 3.08. The molecule has 0 bridgehead atoms. The summed E-state index contributed by atoms with van der Waals surface area (Å²) in [6.07, 6.45) is -0.146. The van der Waals surface area contributed by atoms with Gasteiger partial charge in [0.05, 0.1) is 26.3 Å². The van der Waals surface area contributed by atoms with Gasteiger partial charge in [0, 0.05) is 17.3 Å². The highest BCUT2D eigenvalue weighted by Gasteiger charge is 2.44. The van der Waals surface area contributed by atoms with Crippen LogP contribution in [0, 0.1) is 5.82 Å². The number of nitrogens with one attached hydrogen (secondary N) is 1. The van der Waals surface area contributed by atoms with Crippen molar-refractivity contribution in [3.8, 4) is 11.5 Å². The normalized spacial score (nSPS) is 15.3. The van der Waals surface area contributed by atoms with E-state index in [1.54, 1.807) is 48.4 Å². The lowest BCUT2D eigenvalue weighted by Gasteiger charge is -2.24. The molecule has 2 amide bonds. The second-order valence-electron chi connectivity index (χ2n) is 8.02. The molecule has 0 spiro atoms. The lowest BCUT2D eigenvalue weighted by Crippen LogP contribution is -2.37. The van der Waals surface area contributed by atoms with Crippen molar-refractivity contribution in [1.82, 2.24) is 4.90 Å². The molecule has 1 fully saturated rings. The summed E-state index contributed by atoms with van der Waals surface area (Å²) < 4.78 is 24.2. The third kappa shape index (κ3) is 5.42. The Morgan fingerprint density at radius 1 is 1.03 bits per heavy atom. The first-order valence-electron chi connectivity index (χ1n) is 11.0. The number of carbonyl (C=O) groups is 2. The summed E-state index contributed by atoms with van der Waals surface area (Å²) >= 11 is 11.6. The minimum atomic E-state index is -0.872. The Balaban J connectivity index is 1.62. The van der Waals surface area contributed by atoms with E-state index >= 15 is 0 Å². The predicted molar refractivity (Wildman–Crippen MR) is 140 cm³/mol. The smallest absolute Gasteiger partial charge is 0.256 e. The van der Waals surface area contributed by atoms with Crippen LogP contribution in [0.15, 0.2) is 66.7 Å². The fourth-order valence-electron chi connectivity index (χ4n) is 3.94. The number of carbonyl (C=O) groups excluding carboxylic acids is 2. The number of rotatable bonds is 8. The summed E-state index contributed by atoms with van der Waals surface area (Å²) in [4.78, 5) is 29.4. The Kier molecular flexibility index (Phi) is 7.71. The van der Waals surface area contributed by atoms with Crippen molar-refractivity contribution in [2.24, 2.45) is 0 Å². The van der Waals surface area contributed by atoms with E-state index in [1.165, 1.54) is 36.3 Å². The number of amides is 2. The summed E-state index contributed by atoms with van der Waals surface area (Å²) in [5.41, 5.74) is 1.77. The molecule has 1 atom stereocenters. The van der Waals surface area contributed by atoms with Gasteiger partial charge < -0.3 is 19.7 Å². The lowest BCUT2D eigenvalue weighted by molar-refractivity contribution is -0.124. The van der Waals surface area contributed by atoms with E-state index in [4.69, 9.17) is 33.3 Å². The van der Waals surface area contributed by atoms with Crippen LogP contribution in [0.5, 0.6) is 11.5 Å². The summed E-state index contributed by atoms with van der Waals surface area (Å²) in [6.45, 7) is 0.238. The minimum absolute atomic E-state index is 0.146. The zero-order valence-electron chi connectivity index (χ0n) is 19.5. The summed E-state index contributed by atoms with van der Waals surface area (Å²) in [6, 6.07) is 16.6. The first kappa shape index (κ1) is 25.4. The number of methoxy groups -OCH3 is 2. The van der Waals surface area contributed by atoms with E-state index in [0.717, 1.165) is 5.56 Å². The van der Waals surface area contributed by atoms with Crippen molar-refractivity contribution < 1.29 is 23.5 Å². The van der Waals surface area contributed by atoms with Crippen molar-refractivity contribution in [3.05, 3.63) is 83.1 Å². The third-order valence-electron chi connectivity index (χ3n) is 5.71. The lowest BCUT2D eigenvalue weighted by atomic mass is 10.1. The first-order valence-corrected chi connectivity index (χ1v) is 11.8. The second kappa shape index (κ2) is 10.9. The molecule has 1 unspecified atom stereocenters. The van der Waals surface area contributed by atoms with E-state index in [-0.39, 0.29) is 29.9 Å². The van der Waals surface area contributed by atoms with Gasteiger partial charge in [0.15, 0.2) is 16.6 Å². The van der Waals surface area contributed by atoms with Crippen molar-refractivity contribution >= 4 is 52.1 Å². The molecule has 1 heterocycles. The quantitative estimate of drug-likeness (QED) is 0.414. The monoisotopic (exact) mass is 527 g/mol. The largest absolute Gasteiger partial charge is 0.493 e. The number of anilines is 2. The maximum absolute atomic E-state index is 13.5. The van der Waals surface area contributed by atoms with Crippen LogP contribution < -0.4 is 19.7 Å². The van der Waals surface area contributed by atoms with Gasteiger partial charge in [0.25, 0.3) is 5.91 Å². The molecule has 1 aliphatic rings. The second-order valence-corrected chi connectivity index (χ2v) is 8.83. The van der Waals surface area contributed by atoms with Crippen molar-refractivity contribution in [1.29, 1.82) is 0 Å². The molecule has 0 aliphatic carbocycles. The van der Waals surface area contributed by atoms with Crippen LogP contribution in [-0.4, -0.2) is 42.1 Å². The highest BCUT2D eigenvalue weighted by Crippen LogP contribution is 2.32. The van der Waals surface area contributed by atoms with E-state index in [0.29, 0.717) is 27.9 Å². The van der Waals surface area contributed by atoms with E-state index in [2.05, 4.69) is 5.32 Å². The van der Waals surface area contributed by atoms with Gasteiger partial charge in [-0.25, -0.2) is 4.39 Å². The Bertz CT molecular complexity index is 1290. The van der Waals surface area contributed by atoms with Crippen molar-refractivity contribution in [3.63, 3.8) is 0 Å². The SMILES string of the molecule is COc1ccc(CN2C(=S)N(c3ccc(F)cc3)C(=O)C2CC(=O)Nc2ccc(Cl)cc2)cc1OC. The van der Waals surface area contributed by atoms with Gasteiger partial charge in [-0.3, -0.25) is 14.5 Å². The molecule has 3 aromatic rings. The molecule has 3 aromatic carbocycles. The van der Waals surface area contributed by atoms with Crippen LogP contribution in [0.25, 0.3) is 0 Å². The van der Waals surface area contributed by atoms with Crippen LogP contribution in [0.3, 0.4) is 0 Å². The maximum atomic E-state index is 13.5. The number of benzene rings is 3. The molecule has 186 valence electrons. The molecule has 36 heavy (non-hydrogen) atoms. The standard InChI is InChI=1S/C26H23ClFN3O4S/c1-34-22-12-3-16(13-23(22)35-2)15-30-21(14-24(32)29-19-8-4-17(27)5-9-19)25(33)31(26(30)36)20-10-6-18(28)7-11-20/h3-13,21H,14-15H2,1-2H3,(H,29,32). The third-order valence-corrected chi connectivity index (χ3v) is 6.38. The van der Waals surface area contributed by atoms with Crippen LogP contribution in [0.1, 0.15) is 12.0 Å². The molecule has 0 saturated carbocycles. The highest BCUT2D eigenvalue weighted by atomic mass is 35.5. The van der Waals surface area contributed by atoms with Gasteiger partial charge in [-0.05, 0) is 78.4 Å². The highest BCUT2D eigenvalue weighted by molar-refractivity contribution is 7.80. The van der Waals surface area contributed by atoms with Crippen LogP contribution in [0.2, 0.25) is 5.02 Å². The molecule has 0 aromatic heterocycles. The van der Waals surface area contributed by atoms with Crippen molar-refractivity contribution in [2.45, 2.75) is 19.0 Å². The van der Waals surface area contributed by atoms with Gasteiger partial charge >= 0.3 is 0 Å². The summed E-state index contributed by atoms with van der Waals surface area (Å²) in [5.74, 6) is -0.0838. The Morgan fingerprint density at radius 3 is 2.33 bits per heavy atom. The molecule has 10 heteroatoms. The van der Waals surface area contributed by atoms with E-state index in [1.807, 2.05) is 6.07 Å². The van der Waals surface area contributed by atoms with Gasteiger partial charge in [0.1, 0.15) is 11.9 Å². The number of thiocarbonyl (C=S) groups is 1. The average Bonchev–Trinajstić information content (AvgIpc) is 3.09. The Morgan fingerprint density at radius 2 is 1.69 bits per heavy atom. The van der Waals surface area contributed by atoms with Gasteiger partial charge in [-0.2, -0.15) is 0 Å². The van der Waals surface area contributed by atoms with Crippen molar-refractivity contribution in [2.75, 3.05) is 24.4 Å².